The van der Waals surface area contributed by atoms with Gasteiger partial charge in [0.1, 0.15) is 5.75 Å². The number of rotatable bonds is 7. The standard InChI is InChI=1S/C18H18ClNO4/c1-2-13-6-8-16(9-7-13)23-12-18(22)24-11-17(21)20-15-5-3-4-14(19)10-15/h3-10H,2,11-12H2,1H3,(H,20,21). The molecule has 0 aromatic heterocycles. The van der Waals surface area contributed by atoms with Crippen molar-refractivity contribution in [3.05, 3.63) is 59.1 Å². The van der Waals surface area contributed by atoms with Gasteiger partial charge in [0.25, 0.3) is 5.91 Å². The van der Waals surface area contributed by atoms with Gasteiger partial charge in [-0.05, 0) is 42.3 Å². The number of hydrogen-bond acceptors (Lipinski definition) is 4. The largest absolute Gasteiger partial charge is 0.482 e. The summed E-state index contributed by atoms with van der Waals surface area (Å²) in [6.45, 7) is 1.42. The van der Waals surface area contributed by atoms with Crippen molar-refractivity contribution in [1.29, 1.82) is 0 Å². The molecule has 0 radical (unpaired) electrons. The normalized spacial score (nSPS) is 10.1. The maximum atomic E-state index is 11.7. The fraction of sp³-hybridized carbons (Fsp3) is 0.222. The van der Waals surface area contributed by atoms with E-state index in [2.05, 4.69) is 12.2 Å². The highest BCUT2D eigenvalue weighted by Gasteiger charge is 2.09. The van der Waals surface area contributed by atoms with Gasteiger partial charge >= 0.3 is 5.97 Å². The minimum Gasteiger partial charge on any atom is -0.482 e. The summed E-state index contributed by atoms with van der Waals surface area (Å²) >= 11 is 5.82. The summed E-state index contributed by atoms with van der Waals surface area (Å²) in [5.74, 6) is -0.485. The summed E-state index contributed by atoms with van der Waals surface area (Å²) < 4.78 is 10.2. The molecule has 0 atom stereocenters. The Morgan fingerprint density at radius 2 is 1.83 bits per heavy atom. The number of benzene rings is 2. The zero-order chi connectivity index (χ0) is 17.4. The number of nitrogens with one attached hydrogen (secondary N) is 1. The fourth-order valence-electron chi connectivity index (χ4n) is 1.91. The number of ether oxygens (including phenoxy) is 2. The molecular formula is C18H18ClNO4. The van der Waals surface area contributed by atoms with Gasteiger partial charge in [-0.1, -0.05) is 36.7 Å². The number of carbonyl (C=O) groups excluding carboxylic acids is 2. The van der Waals surface area contributed by atoms with Gasteiger partial charge in [-0.3, -0.25) is 4.79 Å². The molecule has 0 heterocycles. The van der Waals surface area contributed by atoms with E-state index in [0.717, 1.165) is 6.42 Å². The predicted molar refractivity (Wildman–Crippen MR) is 92.4 cm³/mol. The lowest BCUT2D eigenvalue weighted by molar-refractivity contribution is -0.149. The lowest BCUT2D eigenvalue weighted by atomic mass is 10.2. The van der Waals surface area contributed by atoms with Gasteiger partial charge in [0.2, 0.25) is 0 Å². The summed E-state index contributed by atoms with van der Waals surface area (Å²) in [5.41, 5.74) is 1.72. The van der Waals surface area contributed by atoms with Crippen molar-refractivity contribution in [3.8, 4) is 5.75 Å². The van der Waals surface area contributed by atoms with Crippen molar-refractivity contribution < 1.29 is 19.1 Å². The minimum absolute atomic E-state index is 0.254. The molecule has 0 saturated heterocycles. The summed E-state index contributed by atoms with van der Waals surface area (Å²) in [6.07, 6.45) is 0.935. The molecule has 0 bridgehead atoms. The smallest absolute Gasteiger partial charge is 0.344 e. The van der Waals surface area contributed by atoms with Crippen molar-refractivity contribution >= 4 is 29.2 Å². The van der Waals surface area contributed by atoms with E-state index >= 15 is 0 Å². The molecule has 5 nitrogen and oxygen atoms in total. The van der Waals surface area contributed by atoms with Crippen LogP contribution < -0.4 is 10.1 Å². The van der Waals surface area contributed by atoms with Crippen LogP contribution >= 0.6 is 11.6 Å². The van der Waals surface area contributed by atoms with Crippen molar-refractivity contribution in [2.75, 3.05) is 18.5 Å². The van der Waals surface area contributed by atoms with Gasteiger partial charge in [-0.15, -0.1) is 0 Å². The van der Waals surface area contributed by atoms with Gasteiger partial charge in [-0.25, -0.2) is 4.79 Å². The highest BCUT2D eigenvalue weighted by molar-refractivity contribution is 6.30. The Morgan fingerprint density at radius 1 is 1.08 bits per heavy atom. The van der Waals surface area contributed by atoms with E-state index in [0.29, 0.717) is 16.5 Å². The number of anilines is 1. The lowest BCUT2D eigenvalue weighted by Crippen LogP contribution is -2.23. The van der Waals surface area contributed by atoms with Gasteiger partial charge in [0, 0.05) is 10.7 Å². The fourth-order valence-corrected chi connectivity index (χ4v) is 2.10. The van der Waals surface area contributed by atoms with Crippen molar-refractivity contribution in [3.63, 3.8) is 0 Å². The average Bonchev–Trinajstić information content (AvgIpc) is 2.58. The molecule has 1 amide bonds. The number of halogens is 1. The van der Waals surface area contributed by atoms with Crippen LogP contribution in [0.4, 0.5) is 5.69 Å². The first-order chi connectivity index (χ1) is 11.6. The molecule has 0 aliphatic heterocycles. The summed E-state index contributed by atoms with van der Waals surface area (Å²) in [6, 6.07) is 14.1. The molecule has 1 N–H and O–H groups in total. The Hall–Kier alpha value is -2.53. The van der Waals surface area contributed by atoms with Crippen molar-refractivity contribution in [1.82, 2.24) is 0 Å². The highest BCUT2D eigenvalue weighted by Crippen LogP contribution is 2.15. The average molecular weight is 348 g/mol. The second-order valence-electron chi connectivity index (χ2n) is 5.01. The van der Waals surface area contributed by atoms with Gasteiger partial charge in [0.15, 0.2) is 13.2 Å². The molecule has 126 valence electrons. The van der Waals surface area contributed by atoms with Gasteiger partial charge in [0.05, 0.1) is 0 Å². The topological polar surface area (TPSA) is 64.6 Å². The Kier molecular flexibility index (Phi) is 6.63. The first-order valence-corrected chi connectivity index (χ1v) is 7.87. The molecule has 2 aromatic rings. The van der Waals surface area contributed by atoms with E-state index in [-0.39, 0.29) is 13.2 Å². The van der Waals surface area contributed by atoms with Gasteiger partial charge < -0.3 is 14.8 Å². The first-order valence-electron chi connectivity index (χ1n) is 7.49. The highest BCUT2D eigenvalue weighted by atomic mass is 35.5. The molecule has 0 unspecified atom stereocenters. The van der Waals surface area contributed by atoms with Crippen LogP contribution in [0.1, 0.15) is 12.5 Å². The maximum Gasteiger partial charge on any atom is 0.344 e. The number of carbonyl (C=O) groups is 2. The summed E-state index contributed by atoms with van der Waals surface area (Å²) in [5, 5.41) is 3.09. The molecule has 24 heavy (non-hydrogen) atoms. The maximum absolute atomic E-state index is 11.7. The van der Waals surface area contributed by atoms with Crippen LogP contribution in [0, 0.1) is 0 Å². The van der Waals surface area contributed by atoms with Crippen LogP contribution in [0.3, 0.4) is 0 Å². The second kappa shape index (κ2) is 8.93. The van der Waals surface area contributed by atoms with E-state index in [1.807, 2.05) is 12.1 Å². The number of esters is 1. The molecule has 2 rings (SSSR count). The zero-order valence-corrected chi connectivity index (χ0v) is 14.0. The summed E-state index contributed by atoms with van der Waals surface area (Å²) in [4.78, 5) is 23.3. The monoisotopic (exact) mass is 347 g/mol. The molecular weight excluding hydrogens is 330 g/mol. The quantitative estimate of drug-likeness (QED) is 0.779. The molecule has 0 saturated carbocycles. The van der Waals surface area contributed by atoms with Crippen LogP contribution in [0.25, 0.3) is 0 Å². The first kappa shape index (κ1) is 17.8. The molecule has 0 fully saturated rings. The van der Waals surface area contributed by atoms with Crippen molar-refractivity contribution in [2.24, 2.45) is 0 Å². The molecule has 2 aromatic carbocycles. The van der Waals surface area contributed by atoms with Crippen LogP contribution in [0.5, 0.6) is 5.75 Å². The molecule has 0 aliphatic carbocycles. The van der Waals surface area contributed by atoms with E-state index in [4.69, 9.17) is 21.1 Å². The van der Waals surface area contributed by atoms with Crippen LogP contribution in [0.2, 0.25) is 5.02 Å². The molecule has 0 aliphatic rings. The second-order valence-corrected chi connectivity index (χ2v) is 5.44. The number of amides is 1. The van der Waals surface area contributed by atoms with E-state index < -0.39 is 11.9 Å². The summed E-state index contributed by atoms with van der Waals surface area (Å²) in [7, 11) is 0. The Labute approximate surface area is 145 Å². The minimum atomic E-state index is -0.615. The van der Waals surface area contributed by atoms with Crippen LogP contribution in [-0.2, 0) is 20.7 Å². The van der Waals surface area contributed by atoms with Crippen molar-refractivity contribution in [2.45, 2.75) is 13.3 Å². The number of aryl methyl sites for hydroxylation is 1. The molecule has 6 heteroatoms. The van der Waals surface area contributed by atoms with E-state index in [9.17, 15) is 9.59 Å². The predicted octanol–water partition coefficient (Wildman–Crippen LogP) is 3.46. The Morgan fingerprint density at radius 3 is 2.50 bits per heavy atom. The zero-order valence-electron chi connectivity index (χ0n) is 13.3. The Balaban J connectivity index is 1.71. The lowest BCUT2D eigenvalue weighted by Gasteiger charge is -2.08. The third-order valence-corrected chi connectivity index (χ3v) is 3.40. The van der Waals surface area contributed by atoms with Crippen LogP contribution in [0.15, 0.2) is 48.5 Å². The van der Waals surface area contributed by atoms with Crippen LogP contribution in [-0.4, -0.2) is 25.1 Å². The number of hydrogen-bond donors (Lipinski definition) is 1. The third kappa shape index (κ3) is 5.93. The third-order valence-electron chi connectivity index (χ3n) is 3.16. The molecule has 0 spiro atoms. The van der Waals surface area contributed by atoms with E-state index in [1.165, 1.54) is 5.56 Å². The SMILES string of the molecule is CCc1ccc(OCC(=O)OCC(=O)Nc2cccc(Cl)c2)cc1. The van der Waals surface area contributed by atoms with E-state index in [1.54, 1.807) is 36.4 Å². The Bertz CT molecular complexity index is 700. The van der Waals surface area contributed by atoms with Gasteiger partial charge in [-0.2, -0.15) is 0 Å².